The summed E-state index contributed by atoms with van der Waals surface area (Å²) in [6, 6.07) is 0. The number of hydrazine groups is 1. The van der Waals surface area contributed by atoms with Gasteiger partial charge in [-0.05, 0) is 19.1 Å². The Morgan fingerprint density at radius 3 is 2.43 bits per heavy atom. The van der Waals surface area contributed by atoms with Crippen LogP contribution in [0, 0.1) is 0 Å². The van der Waals surface area contributed by atoms with Crippen molar-refractivity contribution in [1.29, 1.82) is 0 Å². The first-order chi connectivity index (χ1) is 6.54. The smallest absolute Gasteiger partial charge is 0.342 e. The highest BCUT2D eigenvalue weighted by atomic mass is 32.1. The summed E-state index contributed by atoms with van der Waals surface area (Å²) in [7, 11) is 0. The van der Waals surface area contributed by atoms with E-state index in [1.54, 1.807) is 6.92 Å². The molecule has 0 radical (unpaired) electrons. The number of carbonyl (C=O) groups is 2. The Kier molecular flexibility index (Phi) is 3.20. The summed E-state index contributed by atoms with van der Waals surface area (Å²) in [5, 5.41) is 1.66. The van der Waals surface area contributed by atoms with Gasteiger partial charge in [0.15, 0.2) is 5.11 Å². The maximum Gasteiger partial charge on any atom is 0.342 e. The molecule has 1 rings (SSSR count). The van der Waals surface area contributed by atoms with E-state index in [1.165, 1.54) is 0 Å². The number of hydrogen-bond acceptors (Lipinski definition) is 6. The van der Waals surface area contributed by atoms with Gasteiger partial charge >= 0.3 is 11.9 Å². The van der Waals surface area contributed by atoms with Crippen molar-refractivity contribution in [3.05, 3.63) is 0 Å². The zero-order valence-electron chi connectivity index (χ0n) is 7.43. The third-order valence-electron chi connectivity index (χ3n) is 1.40. The molecule has 0 bridgehead atoms. The van der Waals surface area contributed by atoms with Crippen LogP contribution in [0.15, 0.2) is 0 Å². The van der Waals surface area contributed by atoms with Crippen LogP contribution in [0.1, 0.15) is 13.3 Å². The number of thiocarbonyl (C=S) groups is 1. The molecule has 0 aromatic carbocycles. The maximum atomic E-state index is 10.9. The lowest BCUT2D eigenvalue weighted by molar-refractivity contribution is -0.407. The second-order valence-corrected chi connectivity index (χ2v) is 2.81. The molecule has 1 saturated heterocycles. The van der Waals surface area contributed by atoms with Crippen LogP contribution in [-0.2, 0) is 19.3 Å². The van der Waals surface area contributed by atoms with E-state index in [9.17, 15) is 9.59 Å². The summed E-state index contributed by atoms with van der Waals surface area (Å²) in [4.78, 5) is 30.9. The van der Waals surface area contributed by atoms with Gasteiger partial charge in [0.2, 0.25) is 0 Å². The van der Waals surface area contributed by atoms with Gasteiger partial charge < -0.3 is 15.4 Å². The van der Waals surface area contributed by atoms with Crippen molar-refractivity contribution in [3.8, 4) is 0 Å². The molecule has 0 atom stereocenters. The summed E-state index contributed by atoms with van der Waals surface area (Å²) in [5.74, 6) is -1.42. The van der Waals surface area contributed by atoms with Crippen molar-refractivity contribution in [2.45, 2.75) is 13.3 Å². The molecule has 1 fully saturated rings. The molecule has 0 aromatic heterocycles. The standard InChI is InChI=1S/C6H9N3O4S/c1-2-8(6(7)14)9-12-4(10)3-5(11)13-9/h2-3H2,1H3,(H2,7,14). The summed E-state index contributed by atoms with van der Waals surface area (Å²) in [5.41, 5.74) is 5.30. The van der Waals surface area contributed by atoms with Crippen molar-refractivity contribution in [1.82, 2.24) is 10.3 Å². The predicted octanol–water partition coefficient (Wildman–Crippen LogP) is -0.911. The highest BCUT2D eigenvalue weighted by Gasteiger charge is 2.31. The van der Waals surface area contributed by atoms with Crippen LogP contribution in [-0.4, -0.2) is 33.9 Å². The summed E-state index contributed by atoms with van der Waals surface area (Å²) in [6.07, 6.45) is -0.411. The van der Waals surface area contributed by atoms with Gasteiger partial charge in [-0.3, -0.25) is 0 Å². The minimum absolute atomic E-state index is 0.0602. The summed E-state index contributed by atoms with van der Waals surface area (Å²) >= 11 is 4.65. The van der Waals surface area contributed by atoms with Crippen LogP contribution in [0.5, 0.6) is 0 Å². The molecule has 14 heavy (non-hydrogen) atoms. The van der Waals surface area contributed by atoms with Crippen molar-refractivity contribution < 1.29 is 19.3 Å². The van der Waals surface area contributed by atoms with E-state index in [2.05, 4.69) is 21.9 Å². The largest absolute Gasteiger partial charge is 0.375 e. The van der Waals surface area contributed by atoms with Crippen LogP contribution in [0.2, 0.25) is 0 Å². The van der Waals surface area contributed by atoms with Gasteiger partial charge in [-0.1, -0.05) is 0 Å². The van der Waals surface area contributed by atoms with Crippen molar-refractivity contribution >= 4 is 29.3 Å². The Bertz CT molecular complexity index is 266. The Labute approximate surface area is 85.2 Å². The second-order valence-electron chi connectivity index (χ2n) is 2.40. The first-order valence-electron chi connectivity index (χ1n) is 3.83. The van der Waals surface area contributed by atoms with Gasteiger partial charge in [0, 0.05) is 6.54 Å². The molecule has 1 heterocycles. The molecule has 8 heteroatoms. The maximum absolute atomic E-state index is 10.9. The lowest BCUT2D eigenvalue weighted by atomic mass is 10.4. The van der Waals surface area contributed by atoms with Crippen LogP contribution in [0.3, 0.4) is 0 Å². The van der Waals surface area contributed by atoms with Crippen LogP contribution in [0.4, 0.5) is 0 Å². The molecular weight excluding hydrogens is 210 g/mol. The fourth-order valence-corrected chi connectivity index (χ4v) is 1.02. The summed E-state index contributed by atoms with van der Waals surface area (Å²) in [6.45, 7) is 2.02. The Hall–Kier alpha value is -1.41. The summed E-state index contributed by atoms with van der Waals surface area (Å²) < 4.78 is 0. The zero-order chi connectivity index (χ0) is 10.7. The minimum Gasteiger partial charge on any atom is -0.375 e. The number of hydrogen-bond donors (Lipinski definition) is 1. The van der Waals surface area contributed by atoms with E-state index in [0.717, 1.165) is 5.01 Å². The molecule has 0 aliphatic carbocycles. The molecule has 0 aromatic rings. The molecule has 0 unspecified atom stereocenters. The van der Waals surface area contributed by atoms with Gasteiger partial charge in [-0.25, -0.2) is 14.6 Å². The Balaban J connectivity index is 2.70. The molecule has 0 spiro atoms. The van der Waals surface area contributed by atoms with Crippen LogP contribution >= 0.6 is 12.2 Å². The number of nitrogens with zero attached hydrogens (tertiary/aromatic N) is 2. The number of rotatable bonds is 2. The average Bonchev–Trinajstić information content (AvgIpc) is 2.02. The predicted molar refractivity (Wildman–Crippen MR) is 47.8 cm³/mol. The van der Waals surface area contributed by atoms with E-state index < -0.39 is 18.4 Å². The second kappa shape index (κ2) is 4.20. The van der Waals surface area contributed by atoms with Gasteiger partial charge in [0.05, 0.1) is 0 Å². The molecule has 1 aliphatic rings. The lowest BCUT2D eigenvalue weighted by Crippen LogP contribution is -2.52. The molecule has 78 valence electrons. The molecule has 7 nitrogen and oxygen atoms in total. The molecule has 0 saturated carbocycles. The highest BCUT2D eigenvalue weighted by Crippen LogP contribution is 2.09. The van der Waals surface area contributed by atoms with Gasteiger partial charge in [0.1, 0.15) is 11.8 Å². The third-order valence-corrected chi connectivity index (χ3v) is 1.61. The topological polar surface area (TPSA) is 85.1 Å². The number of carbonyl (C=O) groups excluding carboxylic acids is 2. The fraction of sp³-hybridized carbons (Fsp3) is 0.500. The lowest BCUT2D eigenvalue weighted by Gasteiger charge is -2.31. The molecule has 2 N–H and O–H groups in total. The first-order valence-corrected chi connectivity index (χ1v) is 4.24. The first kappa shape index (κ1) is 10.7. The van der Waals surface area contributed by atoms with E-state index in [0.29, 0.717) is 11.9 Å². The fourth-order valence-electron chi connectivity index (χ4n) is 0.826. The van der Waals surface area contributed by atoms with E-state index in [4.69, 9.17) is 5.73 Å². The SMILES string of the molecule is CCN(C(N)=S)N1OC(=O)CC(=O)O1. The molecular formula is C6H9N3O4S. The van der Waals surface area contributed by atoms with E-state index >= 15 is 0 Å². The Morgan fingerprint density at radius 1 is 1.57 bits per heavy atom. The Morgan fingerprint density at radius 2 is 2.07 bits per heavy atom. The van der Waals surface area contributed by atoms with E-state index in [-0.39, 0.29) is 5.11 Å². The van der Waals surface area contributed by atoms with Crippen molar-refractivity contribution in [3.63, 3.8) is 0 Å². The van der Waals surface area contributed by atoms with Gasteiger partial charge in [-0.15, -0.1) is 0 Å². The zero-order valence-corrected chi connectivity index (χ0v) is 8.24. The normalized spacial score (nSPS) is 17.2. The van der Waals surface area contributed by atoms with E-state index in [1.807, 2.05) is 0 Å². The van der Waals surface area contributed by atoms with Crippen LogP contribution < -0.4 is 5.73 Å². The monoisotopic (exact) mass is 219 g/mol. The van der Waals surface area contributed by atoms with Crippen molar-refractivity contribution in [2.24, 2.45) is 5.73 Å². The average molecular weight is 219 g/mol. The number of nitrogens with two attached hydrogens (primary N) is 1. The van der Waals surface area contributed by atoms with Gasteiger partial charge in [0.25, 0.3) is 0 Å². The third kappa shape index (κ3) is 2.30. The van der Waals surface area contributed by atoms with Crippen LogP contribution in [0.25, 0.3) is 0 Å². The minimum atomic E-state index is -0.712. The van der Waals surface area contributed by atoms with Crippen molar-refractivity contribution in [2.75, 3.05) is 6.54 Å². The molecule has 1 aliphatic heterocycles. The quantitative estimate of drug-likeness (QED) is 0.472. The molecule has 0 amide bonds. The van der Waals surface area contributed by atoms with Gasteiger partial charge in [-0.2, -0.15) is 0 Å². The highest BCUT2D eigenvalue weighted by molar-refractivity contribution is 7.80.